The van der Waals surface area contributed by atoms with Crippen molar-refractivity contribution in [3.63, 3.8) is 0 Å². The number of thiophene rings is 1. The number of fused-ring (bicyclic) bond motifs is 1. The van der Waals surface area contributed by atoms with Crippen LogP contribution in [0.15, 0.2) is 47.6 Å². The van der Waals surface area contributed by atoms with Crippen LogP contribution >= 0.6 is 11.3 Å². The monoisotopic (exact) mass is 390 g/mol. The summed E-state index contributed by atoms with van der Waals surface area (Å²) in [5.74, 6) is 0. The Morgan fingerprint density at radius 2 is 1.96 bits per heavy atom. The number of aromatic nitrogens is 1. The zero-order chi connectivity index (χ0) is 19.5. The van der Waals surface area contributed by atoms with Crippen LogP contribution in [0.2, 0.25) is 0 Å². The van der Waals surface area contributed by atoms with Crippen LogP contribution < -0.4 is 0 Å². The first-order valence-corrected chi connectivity index (χ1v) is 10.00. The maximum atomic E-state index is 10.8. The van der Waals surface area contributed by atoms with Gasteiger partial charge in [0.05, 0.1) is 22.4 Å². The molecule has 140 valence electrons. The molecule has 0 bridgehead atoms. The molecule has 4 rings (SSSR count). The van der Waals surface area contributed by atoms with E-state index in [0.717, 1.165) is 35.6 Å². The van der Waals surface area contributed by atoms with Gasteiger partial charge in [-0.05, 0) is 55.5 Å². The third-order valence-electron chi connectivity index (χ3n) is 4.95. The number of nitro groups is 1. The van der Waals surface area contributed by atoms with Crippen LogP contribution in [-0.2, 0) is 12.8 Å². The van der Waals surface area contributed by atoms with E-state index in [4.69, 9.17) is 0 Å². The van der Waals surface area contributed by atoms with Crippen LogP contribution in [0.4, 0.5) is 10.7 Å². The number of hydrogen-bond acceptors (Lipinski definition) is 5. The molecule has 0 saturated heterocycles. The molecule has 0 spiro atoms. The van der Waals surface area contributed by atoms with E-state index in [-0.39, 0.29) is 5.69 Å². The van der Waals surface area contributed by atoms with Gasteiger partial charge in [-0.3, -0.25) is 10.1 Å². The van der Waals surface area contributed by atoms with Crippen molar-refractivity contribution in [2.75, 3.05) is 0 Å². The molecule has 28 heavy (non-hydrogen) atoms. The van der Waals surface area contributed by atoms with E-state index in [1.807, 2.05) is 22.9 Å². The van der Waals surface area contributed by atoms with Gasteiger partial charge in [0.25, 0.3) is 5.69 Å². The van der Waals surface area contributed by atoms with Crippen LogP contribution in [-0.4, -0.2) is 15.7 Å². The van der Waals surface area contributed by atoms with Crippen molar-refractivity contribution in [2.24, 2.45) is 4.99 Å². The summed E-state index contributed by atoms with van der Waals surface area (Å²) >= 11 is 1.62. The summed E-state index contributed by atoms with van der Waals surface area (Å²) in [6, 6.07) is 12.6. The topological polar surface area (TPSA) is 84.2 Å². The summed E-state index contributed by atoms with van der Waals surface area (Å²) < 4.78 is 1.91. The van der Waals surface area contributed by atoms with Gasteiger partial charge in [0, 0.05) is 28.9 Å². The molecule has 0 amide bonds. The molecular formula is C21H18N4O2S. The molecule has 1 aliphatic carbocycles. The van der Waals surface area contributed by atoms with E-state index < -0.39 is 4.92 Å². The zero-order valence-electron chi connectivity index (χ0n) is 15.2. The summed E-state index contributed by atoms with van der Waals surface area (Å²) in [5, 5.41) is 21.3. The Bertz CT molecular complexity index is 1090. The molecule has 1 aromatic carbocycles. The zero-order valence-corrected chi connectivity index (χ0v) is 16.0. The molecule has 1 aliphatic rings. The minimum atomic E-state index is -0.411. The molecule has 0 radical (unpaired) electrons. The molecule has 0 unspecified atom stereocenters. The number of benzene rings is 1. The standard InChI is InChI=1S/C21H18N4O2S/c22-13-19-18-6-2-1-3-7-20(18)28-21(19)23-14-17-5-4-12-24(17)15-8-10-16(11-9-15)25(26)27/h4-5,8-12,14H,1-3,6-7H2/b23-14+. The lowest BCUT2D eigenvalue weighted by atomic mass is 10.1. The molecule has 0 saturated carbocycles. The molecular weight excluding hydrogens is 372 g/mol. The Balaban J connectivity index is 1.64. The van der Waals surface area contributed by atoms with Gasteiger partial charge >= 0.3 is 0 Å². The Morgan fingerprint density at radius 1 is 1.18 bits per heavy atom. The molecule has 0 N–H and O–H groups in total. The van der Waals surface area contributed by atoms with E-state index >= 15 is 0 Å². The van der Waals surface area contributed by atoms with Crippen LogP contribution in [0.5, 0.6) is 0 Å². The minimum Gasteiger partial charge on any atom is -0.316 e. The second kappa shape index (κ2) is 7.79. The molecule has 7 heteroatoms. The van der Waals surface area contributed by atoms with Gasteiger partial charge in [-0.2, -0.15) is 5.26 Å². The highest BCUT2D eigenvalue weighted by atomic mass is 32.1. The van der Waals surface area contributed by atoms with E-state index in [0.29, 0.717) is 5.56 Å². The largest absolute Gasteiger partial charge is 0.316 e. The number of rotatable bonds is 4. The van der Waals surface area contributed by atoms with Crippen molar-refractivity contribution in [1.82, 2.24) is 4.57 Å². The Morgan fingerprint density at radius 3 is 2.71 bits per heavy atom. The molecule has 3 aromatic rings. The van der Waals surface area contributed by atoms with Gasteiger partial charge < -0.3 is 4.57 Å². The summed E-state index contributed by atoms with van der Waals surface area (Å²) in [4.78, 5) is 16.4. The quantitative estimate of drug-likeness (QED) is 0.261. The SMILES string of the molecule is N#Cc1c(/N=C/c2cccn2-c2ccc([N+](=O)[O-])cc2)sc2c1CCCCC2. The minimum absolute atomic E-state index is 0.0601. The molecule has 0 aliphatic heterocycles. The molecule has 0 atom stereocenters. The van der Waals surface area contributed by atoms with Crippen LogP contribution in [0, 0.1) is 21.4 Å². The van der Waals surface area contributed by atoms with Crippen LogP contribution in [0.3, 0.4) is 0 Å². The number of nitro benzene ring substituents is 1. The maximum absolute atomic E-state index is 10.8. The van der Waals surface area contributed by atoms with Crippen molar-refractivity contribution in [3.8, 4) is 11.8 Å². The number of aliphatic imine (C=N–C) groups is 1. The predicted octanol–water partition coefficient (Wildman–Crippen LogP) is 5.34. The van der Waals surface area contributed by atoms with E-state index in [1.54, 1.807) is 29.7 Å². The summed E-state index contributed by atoms with van der Waals surface area (Å²) in [6.45, 7) is 0. The summed E-state index contributed by atoms with van der Waals surface area (Å²) in [7, 11) is 0. The normalized spacial score (nSPS) is 13.8. The average Bonchev–Trinajstić information content (AvgIpc) is 3.23. The fourth-order valence-electron chi connectivity index (χ4n) is 3.53. The first kappa shape index (κ1) is 18.1. The number of nitrogens with zero attached hydrogens (tertiary/aromatic N) is 4. The first-order valence-electron chi connectivity index (χ1n) is 9.18. The lowest BCUT2D eigenvalue weighted by Crippen LogP contribution is -1.98. The van der Waals surface area contributed by atoms with Gasteiger partial charge in [0.2, 0.25) is 0 Å². The number of aryl methyl sites for hydroxylation is 1. The Kier molecular flexibility index (Phi) is 5.04. The fourth-order valence-corrected chi connectivity index (χ4v) is 4.71. The van der Waals surface area contributed by atoms with E-state index in [1.165, 1.54) is 35.4 Å². The van der Waals surface area contributed by atoms with Crippen LogP contribution in [0.1, 0.15) is 41.0 Å². The van der Waals surface area contributed by atoms with Crippen molar-refractivity contribution < 1.29 is 4.92 Å². The fraction of sp³-hybridized carbons (Fsp3) is 0.238. The second-order valence-electron chi connectivity index (χ2n) is 6.69. The third-order valence-corrected chi connectivity index (χ3v) is 6.15. The lowest BCUT2D eigenvalue weighted by molar-refractivity contribution is -0.384. The second-order valence-corrected chi connectivity index (χ2v) is 7.77. The van der Waals surface area contributed by atoms with Gasteiger partial charge in [-0.15, -0.1) is 11.3 Å². The molecule has 6 nitrogen and oxygen atoms in total. The molecule has 2 aromatic heterocycles. The lowest BCUT2D eigenvalue weighted by Gasteiger charge is -2.05. The van der Waals surface area contributed by atoms with E-state index in [2.05, 4.69) is 11.1 Å². The molecule has 2 heterocycles. The highest BCUT2D eigenvalue weighted by Crippen LogP contribution is 2.38. The molecule has 0 fully saturated rings. The van der Waals surface area contributed by atoms with Gasteiger partial charge in [0.15, 0.2) is 0 Å². The predicted molar refractivity (Wildman–Crippen MR) is 110 cm³/mol. The number of non-ortho nitro benzene ring substituents is 1. The van der Waals surface area contributed by atoms with Crippen molar-refractivity contribution >= 4 is 28.2 Å². The number of hydrogen-bond donors (Lipinski definition) is 0. The van der Waals surface area contributed by atoms with Crippen molar-refractivity contribution in [1.29, 1.82) is 5.26 Å². The maximum Gasteiger partial charge on any atom is 0.269 e. The summed E-state index contributed by atoms with van der Waals surface area (Å²) in [5.41, 5.74) is 3.63. The van der Waals surface area contributed by atoms with Gasteiger partial charge in [0.1, 0.15) is 11.1 Å². The van der Waals surface area contributed by atoms with Crippen molar-refractivity contribution in [3.05, 3.63) is 74.4 Å². The van der Waals surface area contributed by atoms with Gasteiger partial charge in [-0.25, -0.2) is 4.99 Å². The first-order chi connectivity index (χ1) is 13.7. The highest BCUT2D eigenvalue weighted by Gasteiger charge is 2.19. The number of nitriles is 1. The summed E-state index contributed by atoms with van der Waals surface area (Å²) in [6.07, 6.45) is 9.15. The third kappa shape index (κ3) is 3.47. The smallest absolute Gasteiger partial charge is 0.269 e. The van der Waals surface area contributed by atoms with Crippen LogP contribution in [0.25, 0.3) is 5.69 Å². The Hall–Kier alpha value is -3.24. The highest BCUT2D eigenvalue weighted by molar-refractivity contribution is 7.16. The van der Waals surface area contributed by atoms with Crippen molar-refractivity contribution in [2.45, 2.75) is 32.1 Å². The van der Waals surface area contributed by atoms with E-state index in [9.17, 15) is 15.4 Å². The average molecular weight is 390 g/mol. The Labute approximate surface area is 166 Å². The van der Waals surface area contributed by atoms with Gasteiger partial charge in [-0.1, -0.05) is 6.42 Å².